The molecule has 1 N–H and O–H groups in total. The van der Waals surface area contributed by atoms with E-state index in [0.29, 0.717) is 47.6 Å². The summed E-state index contributed by atoms with van der Waals surface area (Å²) < 4.78 is 20.9. The molecule has 6 nitrogen and oxygen atoms in total. The number of benzene rings is 1. The minimum Gasteiger partial charge on any atom is -0.380 e. The van der Waals surface area contributed by atoms with E-state index in [4.69, 9.17) is 4.74 Å². The lowest BCUT2D eigenvalue weighted by Crippen LogP contribution is -2.27. The first-order valence-corrected chi connectivity index (χ1v) is 8.05. The van der Waals surface area contributed by atoms with Crippen LogP contribution in [0.25, 0.3) is 22.3 Å². The Labute approximate surface area is 144 Å². The SMILES string of the molecule is CCOCCNC(=O)c1cc(-c2ccccc2F)nc2c1cnn2C. The van der Waals surface area contributed by atoms with Gasteiger partial charge < -0.3 is 10.1 Å². The number of carbonyl (C=O) groups excluding carboxylic acids is 1. The summed E-state index contributed by atoms with van der Waals surface area (Å²) in [4.78, 5) is 17.0. The Hall–Kier alpha value is -2.80. The van der Waals surface area contributed by atoms with E-state index in [2.05, 4.69) is 15.4 Å². The molecule has 7 heteroatoms. The fourth-order valence-electron chi connectivity index (χ4n) is 2.59. The highest BCUT2D eigenvalue weighted by Crippen LogP contribution is 2.26. The van der Waals surface area contributed by atoms with Crippen LogP contribution in [-0.2, 0) is 11.8 Å². The van der Waals surface area contributed by atoms with E-state index >= 15 is 0 Å². The van der Waals surface area contributed by atoms with Crippen molar-refractivity contribution >= 4 is 16.9 Å². The first kappa shape index (κ1) is 17.0. The Bertz CT molecular complexity index is 907. The van der Waals surface area contributed by atoms with Gasteiger partial charge in [-0.2, -0.15) is 5.10 Å². The molecule has 0 aliphatic rings. The third-order valence-corrected chi connectivity index (χ3v) is 3.84. The molecular formula is C18H19FN4O2. The second-order valence-corrected chi connectivity index (χ2v) is 5.49. The van der Waals surface area contributed by atoms with Crippen LogP contribution in [0.1, 0.15) is 17.3 Å². The van der Waals surface area contributed by atoms with Crippen molar-refractivity contribution in [1.29, 1.82) is 0 Å². The molecule has 0 bridgehead atoms. The van der Waals surface area contributed by atoms with Crippen LogP contribution in [0.2, 0.25) is 0 Å². The molecule has 0 saturated heterocycles. The number of nitrogens with zero attached hydrogens (tertiary/aromatic N) is 3. The van der Waals surface area contributed by atoms with Gasteiger partial charge >= 0.3 is 0 Å². The highest BCUT2D eigenvalue weighted by Gasteiger charge is 2.17. The molecular weight excluding hydrogens is 323 g/mol. The number of amides is 1. The van der Waals surface area contributed by atoms with Crippen molar-refractivity contribution in [1.82, 2.24) is 20.1 Å². The van der Waals surface area contributed by atoms with Crippen molar-refractivity contribution in [2.24, 2.45) is 7.05 Å². The van der Waals surface area contributed by atoms with E-state index in [1.165, 1.54) is 6.07 Å². The minimum absolute atomic E-state index is 0.266. The van der Waals surface area contributed by atoms with E-state index in [-0.39, 0.29) is 11.7 Å². The number of nitrogens with one attached hydrogen (secondary N) is 1. The van der Waals surface area contributed by atoms with Gasteiger partial charge in [-0.3, -0.25) is 9.48 Å². The van der Waals surface area contributed by atoms with E-state index < -0.39 is 0 Å². The maximum Gasteiger partial charge on any atom is 0.252 e. The quantitative estimate of drug-likeness (QED) is 0.699. The van der Waals surface area contributed by atoms with Crippen LogP contribution in [-0.4, -0.2) is 40.4 Å². The number of hydrogen-bond donors (Lipinski definition) is 1. The lowest BCUT2D eigenvalue weighted by molar-refractivity contribution is 0.0924. The number of aryl methyl sites for hydroxylation is 1. The molecule has 0 atom stereocenters. The Morgan fingerprint density at radius 2 is 2.16 bits per heavy atom. The fraction of sp³-hybridized carbons (Fsp3) is 0.278. The van der Waals surface area contributed by atoms with E-state index in [1.54, 1.807) is 42.2 Å². The first-order chi connectivity index (χ1) is 12.1. The van der Waals surface area contributed by atoms with Crippen LogP contribution in [0, 0.1) is 5.82 Å². The second-order valence-electron chi connectivity index (χ2n) is 5.49. The van der Waals surface area contributed by atoms with Crippen LogP contribution in [0.15, 0.2) is 36.5 Å². The van der Waals surface area contributed by atoms with Gasteiger partial charge in [0, 0.05) is 25.8 Å². The molecule has 1 aromatic carbocycles. The average Bonchev–Trinajstić information content (AvgIpc) is 2.99. The number of hydrogen-bond acceptors (Lipinski definition) is 4. The third-order valence-electron chi connectivity index (χ3n) is 3.84. The van der Waals surface area contributed by atoms with Gasteiger partial charge in [0.05, 0.1) is 29.4 Å². The first-order valence-electron chi connectivity index (χ1n) is 8.05. The third kappa shape index (κ3) is 3.51. The smallest absolute Gasteiger partial charge is 0.252 e. The van der Waals surface area contributed by atoms with Gasteiger partial charge in [-0.1, -0.05) is 12.1 Å². The van der Waals surface area contributed by atoms with Gasteiger partial charge in [-0.15, -0.1) is 0 Å². The molecule has 0 unspecified atom stereocenters. The standard InChI is InChI=1S/C18H19FN4O2/c1-3-25-9-8-20-18(24)13-10-16(12-6-4-5-7-15(12)19)22-17-14(13)11-21-23(17)2/h4-7,10-11H,3,8-9H2,1-2H3,(H,20,24). The van der Waals surface area contributed by atoms with Crippen molar-refractivity contribution in [2.45, 2.75) is 6.92 Å². The lowest BCUT2D eigenvalue weighted by Gasteiger charge is -2.09. The summed E-state index contributed by atoms with van der Waals surface area (Å²) in [5, 5.41) is 7.59. The predicted molar refractivity (Wildman–Crippen MR) is 92.7 cm³/mol. The molecule has 0 aliphatic heterocycles. The minimum atomic E-state index is -0.390. The van der Waals surface area contributed by atoms with Gasteiger partial charge in [0.1, 0.15) is 5.82 Å². The number of fused-ring (bicyclic) bond motifs is 1. The fourth-order valence-corrected chi connectivity index (χ4v) is 2.59. The topological polar surface area (TPSA) is 69.0 Å². The van der Waals surface area contributed by atoms with E-state index in [9.17, 15) is 9.18 Å². The maximum atomic E-state index is 14.1. The summed E-state index contributed by atoms with van der Waals surface area (Å²) in [7, 11) is 1.73. The lowest BCUT2D eigenvalue weighted by atomic mass is 10.1. The van der Waals surface area contributed by atoms with Crippen LogP contribution >= 0.6 is 0 Å². The number of ether oxygens (including phenoxy) is 1. The number of carbonyl (C=O) groups is 1. The molecule has 0 radical (unpaired) electrons. The average molecular weight is 342 g/mol. The molecule has 3 rings (SSSR count). The molecule has 2 aromatic heterocycles. The molecule has 0 aliphatic carbocycles. The summed E-state index contributed by atoms with van der Waals surface area (Å²) in [6.45, 7) is 3.31. The Morgan fingerprint density at radius 3 is 2.92 bits per heavy atom. The Balaban J connectivity index is 2.02. The Kier molecular flexibility index (Phi) is 5.04. The van der Waals surface area contributed by atoms with Crippen LogP contribution in [0.5, 0.6) is 0 Å². The number of halogens is 1. The highest BCUT2D eigenvalue weighted by atomic mass is 19.1. The normalized spacial score (nSPS) is 11.0. The van der Waals surface area contributed by atoms with E-state index in [0.717, 1.165) is 0 Å². The van der Waals surface area contributed by atoms with Gasteiger partial charge in [-0.25, -0.2) is 9.37 Å². The molecule has 25 heavy (non-hydrogen) atoms. The monoisotopic (exact) mass is 342 g/mol. The molecule has 3 aromatic rings. The van der Waals surface area contributed by atoms with Crippen molar-refractivity contribution < 1.29 is 13.9 Å². The summed E-state index contributed by atoms with van der Waals surface area (Å²) in [5.41, 5.74) is 1.67. The zero-order valence-corrected chi connectivity index (χ0v) is 14.1. The summed E-state index contributed by atoms with van der Waals surface area (Å²) in [6.07, 6.45) is 1.59. The summed E-state index contributed by atoms with van der Waals surface area (Å²) in [6, 6.07) is 7.94. The largest absolute Gasteiger partial charge is 0.380 e. The van der Waals surface area contributed by atoms with Crippen LogP contribution in [0.4, 0.5) is 4.39 Å². The number of aromatic nitrogens is 3. The number of rotatable bonds is 6. The van der Waals surface area contributed by atoms with Gasteiger partial charge in [0.25, 0.3) is 5.91 Å². The molecule has 130 valence electrons. The summed E-state index contributed by atoms with van der Waals surface area (Å²) >= 11 is 0. The maximum absolute atomic E-state index is 14.1. The van der Waals surface area contributed by atoms with E-state index in [1.807, 2.05) is 6.92 Å². The second kappa shape index (κ2) is 7.40. The van der Waals surface area contributed by atoms with Crippen LogP contribution in [0.3, 0.4) is 0 Å². The molecule has 0 spiro atoms. The Morgan fingerprint density at radius 1 is 1.36 bits per heavy atom. The highest BCUT2D eigenvalue weighted by molar-refractivity contribution is 6.06. The van der Waals surface area contributed by atoms with Crippen molar-refractivity contribution in [3.05, 3.63) is 47.9 Å². The van der Waals surface area contributed by atoms with Crippen molar-refractivity contribution in [3.63, 3.8) is 0 Å². The van der Waals surface area contributed by atoms with Gasteiger partial charge in [-0.05, 0) is 25.1 Å². The van der Waals surface area contributed by atoms with Gasteiger partial charge in [0.15, 0.2) is 5.65 Å². The number of pyridine rings is 1. The van der Waals surface area contributed by atoms with Gasteiger partial charge in [0.2, 0.25) is 0 Å². The molecule has 2 heterocycles. The van der Waals surface area contributed by atoms with Crippen LogP contribution < -0.4 is 5.32 Å². The zero-order valence-electron chi connectivity index (χ0n) is 14.1. The van der Waals surface area contributed by atoms with Crippen molar-refractivity contribution in [3.8, 4) is 11.3 Å². The molecule has 0 saturated carbocycles. The molecule has 1 amide bonds. The summed E-state index contributed by atoms with van der Waals surface area (Å²) in [5.74, 6) is -0.656. The van der Waals surface area contributed by atoms with Crippen molar-refractivity contribution in [2.75, 3.05) is 19.8 Å². The predicted octanol–water partition coefficient (Wildman–Crippen LogP) is 2.54. The zero-order chi connectivity index (χ0) is 17.8. The molecule has 0 fully saturated rings.